The van der Waals surface area contributed by atoms with Crippen LogP contribution in [0, 0.1) is 0 Å². The Hall–Kier alpha value is -1.40. The highest BCUT2D eigenvalue weighted by molar-refractivity contribution is 7.98. The van der Waals surface area contributed by atoms with Crippen molar-refractivity contribution in [3.63, 3.8) is 0 Å². The number of amides is 3. The van der Waals surface area contributed by atoms with Crippen LogP contribution in [0.2, 0.25) is 5.02 Å². The van der Waals surface area contributed by atoms with Gasteiger partial charge in [0.05, 0.1) is 6.54 Å². The fourth-order valence-corrected chi connectivity index (χ4v) is 2.60. The summed E-state index contributed by atoms with van der Waals surface area (Å²) in [5.41, 5.74) is 0. The van der Waals surface area contributed by atoms with Gasteiger partial charge in [0.15, 0.2) is 0 Å². The number of hydrogen-bond acceptors (Lipinski definition) is 4. The van der Waals surface area contributed by atoms with Gasteiger partial charge < -0.3 is 10.1 Å². The predicted molar refractivity (Wildman–Crippen MR) is 84.0 cm³/mol. The number of urea groups is 1. The Balaban J connectivity index is 1.81. The lowest BCUT2D eigenvalue weighted by Crippen LogP contribution is -2.35. The maximum atomic E-state index is 12.1. The van der Waals surface area contributed by atoms with E-state index in [0.29, 0.717) is 17.2 Å². The largest absolute Gasteiger partial charge is 0.492 e. The number of carbonyl (C=O) groups is 2. The normalized spacial score (nSPS) is 18.0. The van der Waals surface area contributed by atoms with Gasteiger partial charge in [-0.05, 0) is 42.7 Å². The summed E-state index contributed by atoms with van der Waals surface area (Å²) in [5.74, 6) is 1.32. The molecule has 1 aliphatic heterocycles. The topological polar surface area (TPSA) is 58.6 Å². The van der Waals surface area contributed by atoms with E-state index in [-0.39, 0.29) is 25.1 Å². The summed E-state index contributed by atoms with van der Waals surface area (Å²) < 4.78 is 5.50. The van der Waals surface area contributed by atoms with E-state index < -0.39 is 6.04 Å². The molecule has 0 radical (unpaired) electrons. The van der Waals surface area contributed by atoms with Crippen LogP contribution in [0.4, 0.5) is 4.79 Å². The van der Waals surface area contributed by atoms with Crippen LogP contribution in [-0.2, 0) is 4.79 Å². The highest BCUT2D eigenvalue weighted by Gasteiger charge is 2.37. The minimum absolute atomic E-state index is 0.172. The van der Waals surface area contributed by atoms with E-state index in [2.05, 4.69) is 5.32 Å². The van der Waals surface area contributed by atoms with E-state index in [1.165, 1.54) is 4.90 Å². The Kier molecular flexibility index (Phi) is 5.76. The summed E-state index contributed by atoms with van der Waals surface area (Å²) >= 11 is 7.43. The van der Waals surface area contributed by atoms with Crippen molar-refractivity contribution in [1.82, 2.24) is 10.2 Å². The van der Waals surface area contributed by atoms with Crippen molar-refractivity contribution in [2.75, 3.05) is 25.2 Å². The number of halogens is 1. The van der Waals surface area contributed by atoms with Crippen LogP contribution in [0.25, 0.3) is 0 Å². The fourth-order valence-electron chi connectivity index (χ4n) is 2.01. The Morgan fingerprint density at radius 3 is 2.71 bits per heavy atom. The van der Waals surface area contributed by atoms with Gasteiger partial charge in [0.1, 0.15) is 18.4 Å². The summed E-state index contributed by atoms with van der Waals surface area (Å²) in [6, 6.07) is 6.20. The molecule has 3 amide bonds. The van der Waals surface area contributed by atoms with E-state index >= 15 is 0 Å². The number of benzene rings is 1. The predicted octanol–water partition coefficient (Wildman–Crippen LogP) is 2.39. The van der Waals surface area contributed by atoms with Crippen LogP contribution in [-0.4, -0.2) is 48.0 Å². The van der Waals surface area contributed by atoms with Gasteiger partial charge in [-0.25, -0.2) is 4.79 Å². The number of imide groups is 1. The minimum atomic E-state index is -0.402. The molecule has 1 fully saturated rings. The molecule has 1 saturated heterocycles. The maximum absolute atomic E-state index is 12.1. The monoisotopic (exact) mass is 328 g/mol. The standard InChI is InChI=1S/C14H17ClN2O3S/c1-21-9-6-12-13(18)17(14(19)16-12)7-8-20-11-4-2-10(15)3-5-11/h2-5,12H,6-9H2,1H3,(H,16,19). The third-order valence-corrected chi connectivity index (χ3v) is 4.01. The number of hydrogen-bond donors (Lipinski definition) is 1. The van der Waals surface area contributed by atoms with E-state index in [1.807, 2.05) is 6.26 Å². The molecule has 1 unspecified atom stereocenters. The van der Waals surface area contributed by atoms with Gasteiger partial charge in [-0.1, -0.05) is 11.6 Å². The molecule has 0 bridgehead atoms. The molecule has 1 aromatic carbocycles. The lowest BCUT2D eigenvalue weighted by atomic mass is 10.2. The summed E-state index contributed by atoms with van der Waals surface area (Å²) in [5, 5.41) is 3.33. The maximum Gasteiger partial charge on any atom is 0.324 e. The van der Waals surface area contributed by atoms with Gasteiger partial charge in [-0.3, -0.25) is 9.69 Å². The summed E-state index contributed by atoms with van der Waals surface area (Å²) in [7, 11) is 0. The van der Waals surface area contributed by atoms with Crippen molar-refractivity contribution in [2.45, 2.75) is 12.5 Å². The van der Waals surface area contributed by atoms with Crippen molar-refractivity contribution in [3.05, 3.63) is 29.3 Å². The zero-order chi connectivity index (χ0) is 15.2. The second kappa shape index (κ2) is 7.56. The van der Waals surface area contributed by atoms with Crippen molar-refractivity contribution in [2.24, 2.45) is 0 Å². The lowest BCUT2D eigenvalue weighted by molar-refractivity contribution is -0.127. The van der Waals surface area contributed by atoms with E-state index in [1.54, 1.807) is 36.0 Å². The molecule has 2 rings (SSSR count). The molecular weight excluding hydrogens is 312 g/mol. The molecule has 5 nitrogen and oxygen atoms in total. The molecule has 1 N–H and O–H groups in total. The molecule has 0 aliphatic carbocycles. The van der Waals surface area contributed by atoms with Crippen molar-refractivity contribution < 1.29 is 14.3 Å². The second-order valence-electron chi connectivity index (χ2n) is 4.58. The molecule has 0 saturated carbocycles. The third-order valence-electron chi connectivity index (χ3n) is 3.11. The zero-order valence-electron chi connectivity index (χ0n) is 11.7. The van der Waals surface area contributed by atoms with E-state index in [4.69, 9.17) is 16.3 Å². The van der Waals surface area contributed by atoms with Gasteiger partial charge in [-0.2, -0.15) is 11.8 Å². The SMILES string of the molecule is CSCCC1NC(=O)N(CCOc2ccc(Cl)cc2)C1=O. The molecule has 7 heteroatoms. The Labute approximate surface area is 133 Å². The van der Waals surface area contributed by atoms with E-state index in [9.17, 15) is 9.59 Å². The number of rotatable bonds is 7. The van der Waals surface area contributed by atoms with Crippen molar-refractivity contribution in [3.8, 4) is 5.75 Å². The summed E-state index contributed by atoms with van der Waals surface area (Å²) in [6.07, 6.45) is 2.62. The average Bonchev–Trinajstić information content (AvgIpc) is 2.74. The number of carbonyl (C=O) groups excluding carboxylic acids is 2. The Morgan fingerprint density at radius 2 is 2.05 bits per heavy atom. The van der Waals surface area contributed by atoms with Crippen molar-refractivity contribution >= 4 is 35.3 Å². The van der Waals surface area contributed by atoms with Crippen LogP contribution in [0.5, 0.6) is 5.75 Å². The van der Waals surface area contributed by atoms with Gasteiger partial charge >= 0.3 is 6.03 Å². The van der Waals surface area contributed by atoms with Crippen LogP contribution < -0.4 is 10.1 Å². The lowest BCUT2D eigenvalue weighted by Gasteiger charge is -2.13. The number of nitrogens with one attached hydrogen (secondary N) is 1. The van der Waals surface area contributed by atoms with E-state index in [0.717, 1.165) is 5.75 Å². The van der Waals surface area contributed by atoms with Crippen LogP contribution >= 0.6 is 23.4 Å². The second-order valence-corrected chi connectivity index (χ2v) is 6.00. The van der Waals surface area contributed by atoms with Crippen molar-refractivity contribution in [1.29, 1.82) is 0 Å². The highest BCUT2D eigenvalue weighted by atomic mass is 35.5. The van der Waals surface area contributed by atoms with Gasteiger partial charge in [0.25, 0.3) is 5.91 Å². The van der Waals surface area contributed by atoms with Gasteiger partial charge in [-0.15, -0.1) is 0 Å². The number of thioether (sulfide) groups is 1. The molecule has 1 atom stereocenters. The molecule has 114 valence electrons. The molecule has 1 aliphatic rings. The number of nitrogens with zero attached hydrogens (tertiary/aromatic N) is 1. The first kappa shape index (κ1) is 16.0. The average molecular weight is 329 g/mol. The first-order valence-corrected chi connectivity index (χ1v) is 8.38. The zero-order valence-corrected chi connectivity index (χ0v) is 13.2. The fraction of sp³-hybridized carbons (Fsp3) is 0.429. The molecule has 1 aromatic rings. The first-order chi connectivity index (χ1) is 10.1. The van der Waals surface area contributed by atoms with Crippen LogP contribution in [0.3, 0.4) is 0 Å². The first-order valence-electron chi connectivity index (χ1n) is 6.61. The molecule has 0 aromatic heterocycles. The van der Waals surface area contributed by atoms with Gasteiger partial charge in [0.2, 0.25) is 0 Å². The summed E-state index contributed by atoms with van der Waals surface area (Å²) in [6.45, 7) is 0.499. The number of ether oxygens (including phenoxy) is 1. The minimum Gasteiger partial charge on any atom is -0.492 e. The smallest absolute Gasteiger partial charge is 0.324 e. The molecule has 0 spiro atoms. The Bertz CT molecular complexity index is 509. The Morgan fingerprint density at radius 1 is 1.33 bits per heavy atom. The summed E-state index contributed by atoms with van der Waals surface area (Å²) in [4.78, 5) is 25.0. The van der Waals surface area contributed by atoms with Gasteiger partial charge in [0, 0.05) is 5.02 Å². The quantitative estimate of drug-likeness (QED) is 0.781. The third kappa shape index (κ3) is 4.28. The molecular formula is C14H17ClN2O3S. The molecule has 1 heterocycles. The highest BCUT2D eigenvalue weighted by Crippen LogP contribution is 2.16. The van der Waals surface area contributed by atoms with Crippen LogP contribution in [0.15, 0.2) is 24.3 Å². The molecule has 21 heavy (non-hydrogen) atoms. The van der Waals surface area contributed by atoms with Crippen LogP contribution in [0.1, 0.15) is 6.42 Å².